The van der Waals surface area contributed by atoms with E-state index in [2.05, 4.69) is 37.7 Å². The number of nitrogens with zero attached hydrogens (tertiary/aromatic N) is 2. The predicted molar refractivity (Wildman–Crippen MR) is 82.1 cm³/mol. The summed E-state index contributed by atoms with van der Waals surface area (Å²) in [7, 11) is 0. The van der Waals surface area contributed by atoms with Crippen molar-refractivity contribution in [3.8, 4) is 0 Å². The number of hydrogen-bond acceptors (Lipinski definition) is 4. The van der Waals surface area contributed by atoms with Crippen LogP contribution >= 0.6 is 34.7 Å². The van der Waals surface area contributed by atoms with Gasteiger partial charge in [0.25, 0.3) is 0 Å². The number of thioether (sulfide) groups is 1. The van der Waals surface area contributed by atoms with Crippen molar-refractivity contribution in [2.75, 3.05) is 5.75 Å². The number of halogens is 1. The molecule has 0 aliphatic heterocycles. The average Bonchev–Trinajstić information content (AvgIpc) is 2.54. The molecule has 0 aliphatic carbocycles. The van der Waals surface area contributed by atoms with Crippen molar-refractivity contribution in [2.24, 2.45) is 5.92 Å². The van der Waals surface area contributed by atoms with Gasteiger partial charge in [-0.15, -0.1) is 11.3 Å². The van der Waals surface area contributed by atoms with Gasteiger partial charge in [0, 0.05) is 10.6 Å². The molecule has 0 saturated carbocycles. The van der Waals surface area contributed by atoms with Gasteiger partial charge in [0.2, 0.25) is 0 Å². The lowest BCUT2D eigenvalue weighted by molar-refractivity contribution is 0.631. The SMILES string of the molecule is Cc1sc2nc(SCCC(C)C)nc(Cl)c2c1C. The lowest BCUT2D eigenvalue weighted by Crippen LogP contribution is -1.93. The molecule has 0 spiro atoms. The Morgan fingerprint density at radius 2 is 2.00 bits per heavy atom. The van der Waals surface area contributed by atoms with E-state index in [0.29, 0.717) is 11.1 Å². The van der Waals surface area contributed by atoms with Crippen LogP contribution in [0.15, 0.2) is 5.16 Å². The molecule has 0 radical (unpaired) electrons. The van der Waals surface area contributed by atoms with Crippen LogP contribution in [-0.4, -0.2) is 15.7 Å². The van der Waals surface area contributed by atoms with Crippen molar-refractivity contribution in [1.82, 2.24) is 9.97 Å². The molecule has 0 N–H and O–H groups in total. The molecule has 0 bridgehead atoms. The van der Waals surface area contributed by atoms with Crippen LogP contribution in [0.4, 0.5) is 0 Å². The zero-order valence-corrected chi connectivity index (χ0v) is 13.5. The highest BCUT2D eigenvalue weighted by atomic mass is 35.5. The van der Waals surface area contributed by atoms with E-state index in [9.17, 15) is 0 Å². The molecule has 5 heteroatoms. The third kappa shape index (κ3) is 2.98. The Morgan fingerprint density at radius 3 is 2.67 bits per heavy atom. The Morgan fingerprint density at radius 1 is 1.28 bits per heavy atom. The molecular formula is C13H17ClN2S2. The monoisotopic (exact) mass is 300 g/mol. The van der Waals surface area contributed by atoms with E-state index in [-0.39, 0.29) is 0 Å². The Bertz CT molecular complexity index is 564. The number of aromatic nitrogens is 2. The van der Waals surface area contributed by atoms with E-state index in [1.165, 1.54) is 16.9 Å². The second-order valence-corrected chi connectivity index (χ2v) is 7.41. The maximum absolute atomic E-state index is 6.26. The molecule has 18 heavy (non-hydrogen) atoms. The fraction of sp³-hybridized carbons (Fsp3) is 0.538. The van der Waals surface area contributed by atoms with E-state index in [4.69, 9.17) is 11.6 Å². The summed E-state index contributed by atoms with van der Waals surface area (Å²) >= 11 is 9.66. The molecule has 0 fully saturated rings. The minimum atomic E-state index is 0.592. The van der Waals surface area contributed by atoms with E-state index >= 15 is 0 Å². The van der Waals surface area contributed by atoms with Gasteiger partial charge in [-0.25, -0.2) is 9.97 Å². The first-order valence-electron chi connectivity index (χ1n) is 6.05. The van der Waals surface area contributed by atoms with Gasteiger partial charge in [0.15, 0.2) is 5.16 Å². The zero-order chi connectivity index (χ0) is 13.3. The quantitative estimate of drug-likeness (QED) is 0.446. The molecule has 0 amide bonds. The summed E-state index contributed by atoms with van der Waals surface area (Å²) in [6.07, 6.45) is 1.17. The van der Waals surface area contributed by atoms with E-state index in [1.54, 1.807) is 23.1 Å². The summed E-state index contributed by atoms with van der Waals surface area (Å²) in [5, 5.41) is 2.41. The minimum Gasteiger partial charge on any atom is -0.211 e. The Kier molecular flexibility index (Phi) is 4.51. The van der Waals surface area contributed by atoms with Crippen LogP contribution in [0, 0.1) is 19.8 Å². The van der Waals surface area contributed by atoms with Crippen LogP contribution in [0.3, 0.4) is 0 Å². The highest BCUT2D eigenvalue weighted by molar-refractivity contribution is 7.99. The Labute approximate surface area is 121 Å². The molecule has 2 heterocycles. The molecular weight excluding hydrogens is 284 g/mol. The molecule has 0 unspecified atom stereocenters. The van der Waals surface area contributed by atoms with Crippen molar-refractivity contribution >= 4 is 44.9 Å². The van der Waals surface area contributed by atoms with Crippen molar-refractivity contribution in [1.29, 1.82) is 0 Å². The molecule has 0 saturated heterocycles. The van der Waals surface area contributed by atoms with Crippen LogP contribution in [0.1, 0.15) is 30.7 Å². The normalized spacial score (nSPS) is 11.7. The molecule has 2 aromatic rings. The summed E-state index contributed by atoms with van der Waals surface area (Å²) < 4.78 is 0. The first-order chi connectivity index (χ1) is 8.49. The highest BCUT2D eigenvalue weighted by Gasteiger charge is 2.13. The summed E-state index contributed by atoms with van der Waals surface area (Å²) in [6.45, 7) is 8.63. The average molecular weight is 301 g/mol. The summed E-state index contributed by atoms with van der Waals surface area (Å²) in [4.78, 5) is 11.3. The summed E-state index contributed by atoms with van der Waals surface area (Å²) in [6, 6.07) is 0. The lowest BCUT2D eigenvalue weighted by Gasteiger charge is -2.04. The van der Waals surface area contributed by atoms with Crippen molar-refractivity contribution in [2.45, 2.75) is 39.3 Å². The number of thiophene rings is 1. The maximum Gasteiger partial charge on any atom is 0.190 e. The summed E-state index contributed by atoms with van der Waals surface area (Å²) in [5.41, 5.74) is 1.21. The minimum absolute atomic E-state index is 0.592. The predicted octanol–water partition coefficient (Wildman–Crippen LogP) is 5.10. The van der Waals surface area contributed by atoms with Crippen molar-refractivity contribution in [3.05, 3.63) is 15.6 Å². The van der Waals surface area contributed by atoms with E-state index in [0.717, 1.165) is 21.1 Å². The molecule has 2 nitrogen and oxygen atoms in total. The number of rotatable bonds is 4. The Hall–Kier alpha value is -0.320. The number of fused-ring (bicyclic) bond motifs is 1. The summed E-state index contributed by atoms with van der Waals surface area (Å²) in [5.74, 6) is 1.76. The van der Waals surface area contributed by atoms with Gasteiger partial charge in [-0.2, -0.15) is 0 Å². The van der Waals surface area contributed by atoms with Gasteiger partial charge in [0.05, 0.1) is 5.39 Å². The van der Waals surface area contributed by atoms with Gasteiger partial charge in [-0.3, -0.25) is 0 Å². The van der Waals surface area contributed by atoms with Crippen LogP contribution in [-0.2, 0) is 0 Å². The smallest absolute Gasteiger partial charge is 0.190 e. The molecule has 0 aromatic carbocycles. The van der Waals surface area contributed by atoms with Gasteiger partial charge >= 0.3 is 0 Å². The van der Waals surface area contributed by atoms with Crippen molar-refractivity contribution in [3.63, 3.8) is 0 Å². The first-order valence-corrected chi connectivity index (χ1v) is 8.23. The standard InChI is InChI=1S/C13H17ClN2S2/c1-7(2)5-6-17-13-15-11(14)10-8(3)9(4)18-12(10)16-13/h7H,5-6H2,1-4H3. The van der Waals surface area contributed by atoms with Crippen LogP contribution < -0.4 is 0 Å². The number of hydrogen-bond donors (Lipinski definition) is 0. The number of aryl methyl sites for hydroxylation is 2. The van der Waals surface area contributed by atoms with Crippen LogP contribution in [0.25, 0.3) is 10.2 Å². The molecule has 0 aliphatic rings. The first kappa shape index (κ1) is 14.1. The fourth-order valence-corrected chi connectivity index (χ4v) is 4.22. The second kappa shape index (κ2) is 5.76. The zero-order valence-electron chi connectivity index (χ0n) is 11.1. The molecule has 2 rings (SSSR count). The lowest BCUT2D eigenvalue weighted by atomic mass is 10.2. The molecule has 0 atom stereocenters. The van der Waals surface area contributed by atoms with Crippen molar-refractivity contribution < 1.29 is 0 Å². The van der Waals surface area contributed by atoms with Gasteiger partial charge in [-0.1, -0.05) is 37.2 Å². The third-order valence-corrected chi connectivity index (χ3v) is 5.15. The second-order valence-electron chi connectivity index (χ2n) is 4.79. The topological polar surface area (TPSA) is 25.8 Å². The highest BCUT2D eigenvalue weighted by Crippen LogP contribution is 2.34. The molecule has 2 aromatic heterocycles. The molecule has 98 valence electrons. The third-order valence-electron chi connectivity index (χ3n) is 2.89. The van der Waals surface area contributed by atoms with Gasteiger partial charge < -0.3 is 0 Å². The van der Waals surface area contributed by atoms with Gasteiger partial charge in [0.1, 0.15) is 9.98 Å². The Balaban J connectivity index is 2.26. The largest absolute Gasteiger partial charge is 0.211 e. The van der Waals surface area contributed by atoms with Crippen LogP contribution in [0.5, 0.6) is 0 Å². The van der Waals surface area contributed by atoms with Gasteiger partial charge in [-0.05, 0) is 31.7 Å². The fourth-order valence-electron chi connectivity index (χ4n) is 1.63. The maximum atomic E-state index is 6.26. The van der Waals surface area contributed by atoms with Crippen LogP contribution in [0.2, 0.25) is 5.15 Å². The van der Waals surface area contributed by atoms with E-state index < -0.39 is 0 Å². The van der Waals surface area contributed by atoms with E-state index in [1.807, 2.05) is 0 Å².